The maximum Gasteiger partial charge on any atom is 0.314 e. The average molecular weight is 248 g/mol. The zero-order chi connectivity index (χ0) is 13.0. The molecule has 0 saturated carbocycles. The molecule has 1 unspecified atom stereocenters. The van der Waals surface area contributed by atoms with Crippen LogP contribution in [0.1, 0.15) is 12.0 Å². The Bertz CT molecular complexity index is 408. The Kier molecular flexibility index (Phi) is 3.99. The van der Waals surface area contributed by atoms with E-state index in [2.05, 4.69) is 17.0 Å². The van der Waals surface area contributed by atoms with Gasteiger partial charge in [0.15, 0.2) is 0 Å². The van der Waals surface area contributed by atoms with Crippen molar-refractivity contribution in [2.75, 3.05) is 26.7 Å². The molecule has 0 aliphatic carbocycles. The lowest BCUT2D eigenvalue weighted by molar-refractivity contribution is -0.151. The number of methoxy groups -OCH3 is 1. The Hall–Kier alpha value is -1.39. The molecule has 1 atom stereocenters. The molecule has 2 N–H and O–H groups in total. The number of likely N-dealkylation sites (tertiary alicyclic amines) is 1. The van der Waals surface area contributed by atoms with Crippen LogP contribution in [0.4, 0.5) is 0 Å². The Balaban J connectivity index is 2.01. The minimum Gasteiger partial charge on any atom is -0.469 e. The van der Waals surface area contributed by atoms with Crippen molar-refractivity contribution in [2.45, 2.75) is 13.0 Å². The molecular formula is C14H20N2O2. The molecule has 1 aliphatic rings. The highest BCUT2D eigenvalue weighted by Gasteiger charge is 2.44. The van der Waals surface area contributed by atoms with Crippen molar-refractivity contribution in [1.29, 1.82) is 0 Å². The summed E-state index contributed by atoms with van der Waals surface area (Å²) >= 11 is 0. The van der Waals surface area contributed by atoms with E-state index in [0.29, 0.717) is 13.1 Å². The van der Waals surface area contributed by atoms with Crippen LogP contribution in [0.5, 0.6) is 0 Å². The van der Waals surface area contributed by atoms with Gasteiger partial charge in [0.05, 0.1) is 12.5 Å². The summed E-state index contributed by atoms with van der Waals surface area (Å²) < 4.78 is 4.88. The molecular weight excluding hydrogens is 228 g/mol. The topological polar surface area (TPSA) is 55.6 Å². The predicted molar refractivity (Wildman–Crippen MR) is 69.8 cm³/mol. The first-order valence-corrected chi connectivity index (χ1v) is 6.25. The number of rotatable bonds is 4. The summed E-state index contributed by atoms with van der Waals surface area (Å²) in [5, 5.41) is 0. The van der Waals surface area contributed by atoms with Crippen LogP contribution in [0, 0.1) is 5.41 Å². The van der Waals surface area contributed by atoms with Gasteiger partial charge in [-0.15, -0.1) is 0 Å². The quantitative estimate of drug-likeness (QED) is 0.808. The van der Waals surface area contributed by atoms with Gasteiger partial charge in [-0.25, -0.2) is 0 Å². The Morgan fingerprint density at radius 3 is 2.78 bits per heavy atom. The molecule has 18 heavy (non-hydrogen) atoms. The molecule has 4 nitrogen and oxygen atoms in total. The third kappa shape index (κ3) is 2.54. The van der Waals surface area contributed by atoms with Crippen LogP contribution in [0.2, 0.25) is 0 Å². The summed E-state index contributed by atoms with van der Waals surface area (Å²) in [7, 11) is 1.43. The Morgan fingerprint density at radius 1 is 1.44 bits per heavy atom. The highest BCUT2D eigenvalue weighted by atomic mass is 16.5. The van der Waals surface area contributed by atoms with E-state index in [1.807, 2.05) is 18.2 Å². The second kappa shape index (κ2) is 5.50. The summed E-state index contributed by atoms with van der Waals surface area (Å²) in [5.74, 6) is -0.180. The molecule has 1 aromatic carbocycles. The normalized spacial score (nSPS) is 24.1. The molecule has 4 heteroatoms. The first kappa shape index (κ1) is 13.1. The summed E-state index contributed by atoms with van der Waals surface area (Å²) in [6.45, 7) is 2.79. The SMILES string of the molecule is COC(=O)C1(CN)CCN(Cc2ccccc2)C1. The molecule has 2 rings (SSSR count). The lowest BCUT2D eigenvalue weighted by atomic mass is 9.87. The molecule has 1 aliphatic heterocycles. The minimum absolute atomic E-state index is 0.180. The van der Waals surface area contributed by atoms with Gasteiger partial charge < -0.3 is 10.5 Å². The van der Waals surface area contributed by atoms with E-state index in [1.54, 1.807) is 0 Å². The van der Waals surface area contributed by atoms with E-state index in [4.69, 9.17) is 10.5 Å². The molecule has 0 bridgehead atoms. The van der Waals surface area contributed by atoms with Crippen molar-refractivity contribution in [3.05, 3.63) is 35.9 Å². The molecule has 98 valence electrons. The first-order chi connectivity index (χ1) is 8.70. The van der Waals surface area contributed by atoms with Crippen molar-refractivity contribution in [3.63, 3.8) is 0 Å². The maximum absolute atomic E-state index is 11.8. The number of carbonyl (C=O) groups excluding carboxylic acids is 1. The number of carbonyl (C=O) groups is 1. The van der Waals surface area contributed by atoms with Gasteiger partial charge in [0, 0.05) is 19.6 Å². The smallest absolute Gasteiger partial charge is 0.314 e. The lowest BCUT2D eigenvalue weighted by Crippen LogP contribution is -2.41. The van der Waals surface area contributed by atoms with Crippen LogP contribution in [0.3, 0.4) is 0 Å². The van der Waals surface area contributed by atoms with E-state index in [1.165, 1.54) is 12.7 Å². The molecule has 1 aromatic rings. The molecule has 0 amide bonds. The second-order valence-corrected chi connectivity index (χ2v) is 4.92. The zero-order valence-electron chi connectivity index (χ0n) is 10.8. The van der Waals surface area contributed by atoms with Gasteiger partial charge in [-0.1, -0.05) is 30.3 Å². The maximum atomic E-state index is 11.8. The lowest BCUT2D eigenvalue weighted by Gasteiger charge is -2.24. The molecule has 0 aromatic heterocycles. The van der Waals surface area contributed by atoms with E-state index >= 15 is 0 Å². The van der Waals surface area contributed by atoms with Gasteiger partial charge in [-0.05, 0) is 18.5 Å². The monoisotopic (exact) mass is 248 g/mol. The largest absolute Gasteiger partial charge is 0.469 e. The van der Waals surface area contributed by atoms with Crippen molar-refractivity contribution >= 4 is 5.97 Å². The zero-order valence-corrected chi connectivity index (χ0v) is 10.8. The third-order valence-electron chi connectivity index (χ3n) is 3.69. The van der Waals surface area contributed by atoms with Gasteiger partial charge in [0.2, 0.25) is 0 Å². The van der Waals surface area contributed by atoms with Crippen molar-refractivity contribution < 1.29 is 9.53 Å². The van der Waals surface area contributed by atoms with Crippen LogP contribution in [0.15, 0.2) is 30.3 Å². The van der Waals surface area contributed by atoms with E-state index in [-0.39, 0.29) is 5.97 Å². The number of nitrogens with two attached hydrogens (primary N) is 1. The average Bonchev–Trinajstić information content (AvgIpc) is 2.83. The third-order valence-corrected chi connectivity index (χ3v) is 3.69. The molecule has 0 radical (unpaired) electrons. The Labute approximate surface area is 108 Å². The van der Waals surface area contributed by atoms with Crippen molar-refractivity contribution in [2.24, 2.45) is 11.1 Å². The van der Waals surface area contributed by atoms with Gasteiger partial charge in [0.1, 0.15) is 0 Å². The van der Waals surface area contributed by atoms with Crippen LogP contribution in [-0.4, -0.2) is 37.6 Å². The van der Waals surface area contributed by atoms with Crippen LogP contribution in [0.25, 0.3) is 0 Å². The van der Waals surface area contributed by atoms with E-state index in [9.17, 15) is 4.79 Å². The number of hydrogen-bond acceptors (Lipinski definition) is 4. The number of esters is 1. The Morgan fingerprint density at radius 2 is 2.17 bits per heavy atom. The number of benzene rings is 1. The number of ether oxygens (including phenoxy) is 1. The summed E-state index contributed by atoms with van der Waals surface area (Å²) in [6.07, 6.45) is 0.781. The molecule has 1 heterocycles. The fraction of sp³-hybridized carbons (Fsp3) is 0.500. The summed E-state index contributed by atoms with van der Waals surface area (Å²) in [6, 6.07) is 10.3. The molecule has 1 fully saturated rings. The van der Waals surface area contributed by atoms with Gasteiger partial charge >= 0.3 is 5.97 Å². The van der Waals surface area contributed by atoms with Crippen molar-refractivity contribution in [1.82, 2.24) is 4.90 Å². The standard InChI is InChI=1S/C14H20N2O2/c1-18-13(17)14(10-15)7-8-16(11-14)9-12-5-3-2-4-6-12/h2-6H,7-11,15H2,1H3. The second-order valence-electron chi connectivity index (χ2n) is 4.92. The summed E-state index contributed by atoms with van der Waals surface area (Å²) in [4.78, 5) is 14.1. The van der Waals surface area contributed by atoms with Crippen molar-refractivity contribution in [3.8, 4) is 0 Å². The fourth-order valence-corrected chi connectivity index (χ4v) is 2.57. The number of hydrogen-bond donors (Lipinski definition) is 1. The summed E-state index contributed by atoms with van der Waals surface area (Å²) in [5.41, 5.74) is 6.52. The fourth-order valence-electron chi connectivity index (χ4n) is 2.57. The van der Waals surface area contributed by atoms with Crippen LogP contribution < -0.4 is 5.73 Å². The number of nitrogens with zero attached hydrogens (tertiary/aromatic N) is 1. The van der Waals surface area contributed by atoms with Gasteiger partial charge in [-0.2, -0.15) is 0 Å². The molecule has 0 spiro atoms. The minimum atomic E-state index is -0.510. The van der Waals surface area contributed by atoms with Gasteiger partial charge in [-0.3, -0.25) is 9.69 Å². The predicted octanol–water partition coefficient (Wildman–Crippen LogP) is 1.01. The highest BCUT2D eigenvalue weighted by molar-refractivity contribution is 5.77. The van der Waals surface area contributed by atoms with Crippen LogP contribution in [-0.2, 0) is 16.1 Å². The molecule has 1 saturated heterocycles. The van der Waals surface area contributed by atoms with Crippen LogP contribution >= 0.6 is 0 Å². The van der Waals surface area contributed by atoms with E-state index < -0.39 is 5.41 Å². The highest BCUT2D eigenvalue weighted by Crippen LogP contribution is 2.31. The van der Waals surface area contributed by atoms with E-state index in [0.717, 1.165) is 19.5 Å². The van der Waals surface area contributed by atoms with Gasteiger partial charge in [0.25, 0.3) is 0 Å². The first-order valence-electron chi connectivity index (χ1n) is 6.25.